The van der Waals surface area contributed by atoms with Crippen LogP contribution < -0.4 is 5.32 Å². The molecule has 0 aromatic heterocycles. The van der Waals surface area contributed by atoms with Gasteiger partial charge in [0, 0.05) is 0 Å². The van der Waals surface area contributed by atoms with Crippen molar-refractivity contribution in [3.63, 3.8) is 0 Å². The molecule has 0 saturated carbocycles. The van der Waals surface area contributed by atoms with Crippen LogP contribution in [-0.4, -0.2) is 35.2 Å². The molecule has 1 aromatic carbocycles. The number of carboxylic acid groups (broad SMARTS) is 1. The van der Waals surface area contributed by atoms with Crippen LogP contribution in [0.3, 0.4) is 0 Å². The number of rotatable bonds is 7. The van der Waals surface area contributed by atoms with Crippen LogP contribution >= 0.6 is 11.8 Å². The Bertz CT molecular complexity index is 443. The van der Waals surface area contributed by atoms with Crippen molar-refractivity contribution in [3.05, 3.63) is 35.9 Å². The molecule has 0 saturated heterocycles. The molecule has 1 amide bonds. The average molecular weight is 284 g/mol. The molecular weight excluding hydrogens is 266 g/mol. The fourth-order valence-corrected chi connectivity index (χ4v) is 1.79. The standard InChI is InChI=1S/C13H17NO4S/c1-19-8-7-11(12(15)16)14-13(17)18-9-10-5-3-2-4-6-10/h2-6,11H,7-9H2,1H3,(H,14,17)(H,15,16)/t11-/m0/s1/i9D/t9?,11-. The van der Waals surface area contributed by atoms with E-state index in [2.05, 4.69) is 5.32 Å². The summed E-state index contributed by atoms with van der Waals surface area (Å²) >= 11 is 1.49. The lowest BCUT2D eigenvalue weighted by molar-refractivity contribution is -0.139. The number of nitrogens with one attached hydrogen (secondary N) is 1. The first-order chi connectivity index (χ1) is 9.54. The molecule has 0 aliphatic heterocycles. The molecule has 0 radical (unpaired) electrons. The summed E-state index contributed by atoms with van der Waals surface area (Å²) < 4.78 is 12.5. The Labute approximate surface area is 117 Å². The molecule has 104 valence electrons. The van der Waals surface area contributed by atoms with Gasteiger partial charge in [0.05, 0.1) is 1.37 Å². The van der Waals surface area contributed by atoms with E-state index >= 15 is 0 Å². The Hall–Kier alpha value is -1.69. The first kappa shape index (κ1) is 13.7. The van der Waals surface area contributed by atoms with E-state index in [1.165, 1.54) is 11.8 Å². The van der Waals surface area contributed by atoms with Gasteiger partial charge in [0.15, 0.2) is 0 Å². The van der Waals surface area contributed by atoms with Gasteiger partial charge in [-0.15, -0.1) is 0 Å². The Morgan fingerprint density at radius 1 is 1.47 bits per heavy atom. The minimum Gasteiger partial charge on any atom is -0.480 e. The van der Waals surface area contributed by atoms with Crippen LogP contribution in [0, 0.1) is 0 Å². The van der Waals surface area contributed by atoms with Crippen molar-refractivity contribution >= 4 is 23.8 Å². The van der Waals surface area contributed by atoms with E-state index in [1.807, 2.05) is 6.26 Å². The van der Waals surface area contributed by atoms with Gasteiger partial charge < -0.3 is 15.2 Å². The Balaban J connectivity index is 2.51. The van der Waals surface area contributed by atoms with Crippen LogP contribution in [0.1, 0.15) is 13.4 Å². The minimum atomic E-state index is -1.17. The molecule has 1 aromatic rings. The third-order valence-corrected chi connectivity index (χ3v) is 2.95. The van der Waals surface area contributed by atoms with Crippen LogP contribution in [0.15, 0.2) is 30.3 Å². The van der Waals surface area contributed by atoms with Gasteiger partial charge >= 0.3 is 12.1 Å². The van der Waals surface area contributed by atoms with Crippen LogP contribution in [0.2, 0.25) is 0 Å². The summed E-state index contributed by atoms with van der Waals surface area (Å²) in [6, 6.07) is 7.57. The summed E-state index contributed by atoms with van der Waals surface area (Å²) in [5.41, 5.74) is 0.527. The van der Waals surface area contributed by atoms with Gasteiger partial charge in [-0.3, -0.25) is 0 Å². The average Bonchev–Trinajstić information content (AvgIpc) is 2.44. The van der Waals surface area contributed by atoms with Crippen molar-refractivity contribution in [2.75, 3.05) is 12.0 Å². The van der Waals surface area contributed by atoms with Gasteiger partial charge in [-0.1, -0.05) is 30.3 Å². The van der Waals surface area contributed by atoms with Gasteiger partial charge in [0.2, 0.25) is 0 Å². The number of hydrogen-bond acceptors (Lipinski definition) is 4. The number of aliphatic carboxylic acids is 1. The largest absolute Gasteiger partial charge is 0.480 e. The van der Waals surface area contributed by atoms with Crippen molar-refractivity contribution in [2.45, 2.75) is 19.0 Å². The molecule has 0 bridgehead atoms. The number of carboxylic acids is 1. The lowest BCUT2D eigenvalue weighted by Crippen LogP contribution is -2.41. The van der Waals surface area contributed by atoms with Crippen molar-refractivity contribution in [2.24, 2.45) is 0 Å². The summed E-state index contributed by atoms with van der Waals surface area (Å²) in [6.07, 6.45) is 1.26. The molecule has 2 atom stereocenters. The number of hydrogen-bond donors (Lipinski definition) is 2. The molecule has 0 aliphatic carbocycles. The maximum atomic E-state index is 11.6. The Morgan fingerprint density at radius 3 is 2.74 bits per heavy atom. The topological polar surface area (TPSA) is 75.6 Å². The summed E-state index contributed by atoms with van der Waals surface area (Å²) in [7, 11) is 0. The van der Waals surface area contributed by atoms with Crippen molar-refractivity contribution in [1.29, 1.82) is 0 Å². The number of carbonyl (C=O) groups excluding carboxylic acids is 1. The second-order valence-electron chi connectivity index (χ2n) is 3.75. The minimum absolute atomic E-state index is 0.305. The van der Waals surface area contributed by atoms with Gasteiger partial charge in [-0.2, -0.15) is 11.8 Å². The van der Waals surface area contributed by atoms with Gasteiger partial charge in [-0.05, 0) is 24.0 Å². The summed E-state index contributed by atoms with van der Waals surface area (Å²) in [6.45, 7) is -1.17. The highest BCUT2D eigenvalue weighted by atomic mass is 32.2. The second kappa shape index (κ2) is 8.42. The predicted molar refractivity (Wildman–Crippen MR) is 74.2 cm³/mol. The summed E-state index contributed by atoms with van der Waals surface area (Å²) in [5.74, 6) is -0.502. The number of benzene rings is 1. The fraction of sp³-hybridized carbons (Fsp3) is 0.385. The zero-order valence-corrected chi connectivity index (χ0v) is 11.4. The number of amides is 1. The zero-order valence-electron chi connectivity index (χ0n) is 11.5. The van der Waals surface area contributed by atoms with E-state index < -0.39 is 24.7 Å². The normalized spacial score (nSPS) is 14.1. The van der Waals surface area contributed by atoms with Crippen LogP contribution in [0.5, 0.6) is 0 Å². The number of ether oxygens (including phenoxy) is 1. The van der Waals surface area contributed by atoms with E-state index in [4.69, 9.17) is 11.2 Å². The molecule has 5 nitrogen and oxygen atoms in total. The number of alkyl carbamates (subject to hydrolysis) is 1. The maximum Gasteiger partial charge on any atom is 0.408 e. The highest BCUT2D eigenvalue weighted by molar-refractivity contribution is 7.98. The Kier molecular flexibility index (Phi) is 6.09. The van der Waals surface area contributed by atoms with Crippen LogP contribution in [-0.2, 0) is 16.1 Å². The monoisotopic (exact) mass is 284 g/mol. The van der Waals surface area contributed by atoms with E-state index in [0.29, 0.717) is 17.7 Å². The Morgan fingerprint density at radius 2 is 2.16 bits per heavy atom. The fourth-order valence-electron chi connectivity index (χ4n) is 1.32. The van der Waals surface area contributed by atoms with E-state index in [0.717, 1.165) is 0 Å². The van der Waals surface area contributed by atoms with Gasteiger partial charge in [-0.25, -0.2) is 9.59 Å². The van der Waals surface area contributed by atoms with Crippen LogP contribution in [0.4, 0.5) is 4.79 Å². The van der Waals surface area contributed by atoms with E-state index in [-0.39, 0.29) is 0 Å². The second-order valence-corrected chi connectivity index (χ2v) is 4.74. The van der Waals surface area contributed by atoms with Crippen molar-refractivity contribution in [3.8, 4) is 0 Å². The lowest BCUT2D eigenvalue weighted by atomic mass is 10.2. The molecule has 0 fully saturated rings. The highest BCUT2D eigenvalue weighted by Gasteiger charge is 2.19. The quantitative estimate of drug-likeness (QED) is 0.802. The zero-order chi connectivity index (χ0) is 15.0. The first-order valence-corrected chi connectivity index (χ1v) is 7.10. The molecule has 2 N–H and O–H groups in total. The number of thioether (sulfide) groups is 1. The molecule has 6 heteroatoms. The molecule has 1 rings (SSSR count). The SMILES string of the molecule is [2H]C(OC(=O)N[C@@H](CCSC)C(=O)O)c1ccccc1. The third kappa shape index (κ3) is 6.15. The maximum absolute atomic E-state index is 11.6. The summed E-state index contributed by atoms with van der Waals surface area (Å²) in [4.78, 5) is 22.6. The third-order valence-electron chi connectivity index (χ3n) is 2.30. The van der Waals surface area contributed by atoms with Gasteiger partial charge in [0.1, 0.15) is 12.6 Å². The first-order valence-electron chi connectivity index (χ1n) is 6.28. The van der Waals surface area contributed by atoms with E-state index in [1.54, 1.807) is 30.3 Å². The molecule has 1 unspecified atom stereocenters. The highest BCUT2D eigenvalue weighted by Crippen LogP contribution is 2.03. The molecular formula is C13H17NO4S. The predicted octanol–water partition coefficient (Wildman–Crippen LogP) is 2.12. The molecule has 0 heterocycles. The molecule has 0 spiro atoms. The van der Waals surface area contributed by atoms with Crippen LogP contribution in [0.25, 0.3) is 0 Å². The smallest absolute Gasteiger partial charge is 0.408 e. The number of carbonyl (C=O) groups is 2. The van der Waals surface area contributed by atoms with Gasteiger partial charge in [0.25, 0.3) is 0 Å². The molecule has 19 heavy (non-hydrogen) atoms. The lowest BCUT2D eigenvalue weighted by Gasteiger charge is -2.13. The molecule has 0 aliphatic rings. The van der Waals surface area contributed by atoms with E-state index in [9.17, 15) is 9.59 Å². The van der Waals surface area contributed by atoms with Crippen molar-refractivity contribution in [1.82, 2.24) is 5.32 Å². The summed E-state index contributed by atoms with van der Waals surface area (Å²) in [5, 5.41) is 11.2. The van der Waals surface area contributed by atoms with Crippen molar-refractivity contribution < 1.29 is 20.8 Å².